The van der Waals surface area contributed by atoms with Crippen molar-refractivity contribution in [2.24, 2.45) is 10.9 Å². The lowest BCUT2D eigenvalue weighted by atomic mass is 10.1. The molecule has 1 aromatic carbocycles. The number of nitrogens with one attached hydrogen (secondary N) is 1. The van der Waals surface area contributed by atoms with E-state index in [-0.39, 0.29) is 0 Å². The summed E-state index contributed by atoms with van der Waals surface area (Å²) in [5.74, 6) is 2.49. The molecule has 1 aliphatic heterocycles. The third-order valence-electron chi connectivity index (χ3n) is 6.33. The van der Waals surface area contributed by atoms with E-state index < -0.39 is 0 Å². The summed E-state index contributed by atoms with van der Waals surface area (Å²) in [5.41, 5.74) is 1.22. The molecule has 1 heterocycles. The van der Waals surface area contributed by atoms with E-state index in [4.69, 9.17) is 4.74 Å². The fourth-order valence-electron chi connectivity index (χ4n) is 4.54. The maximum atomic E-state index is 12.6. The lowest BCUT2D eigenvalue weighted by Crippen LogP contribution is -2.51. The molecule has 1 saturated carbocycles. The van der Waals surface area contributed by atoms with Gasteiger partial charge in [0.1, 0.15) is 5.75 Å². The van der Waals surface area contributed by atoms with Crippen LogP contribution in [0.3, 0.4) is 0 Å². The maximum Gasteiger partial charge on any atom is 0.225 e. The Kier molecular flexibility index (Phi) is 9.00. The Hall–Kier alpha value is -2.28. The van der Waals surface area contributed by atoms with Crippen LogP contribution in [-0.2, 0) is 11.3 Å². The fraction of sp³-hybridized carbons (Fsp3) is 0.667. The van der Waals surface area contributed by atoms with Gasteiger partial charge in [-0.1, -0.05) is 25.0 Å². The summed E-state index contributed by atoms with van der Waals surface area (Å²) >= 11 is 0. The normalized spacial score (nSPS) is 18.3. The van der Waals surface area contributed by atoms with Crippen LogP contribution in [-0.4, -0.2) is 86.5 Å². The molecule has 0 unspecified atom stereocenters. The quantitative estimate of drug-likeness (QED) is 0.508. The minimum atomic E-state index is 0.294. The van der Waals surface area contributed by atoms with Crippen LogP contribution < -0.4 is 10.1 Å². The zero-order valence-electron chi connectivity index (χ0n) is 19.5. The number of amides is 1. The van der Waals surface area contributed by atoms with Crippen molar-refractivity contribution in [3.05, 3.63) is 29.8 Å². The summed E-state index contributed by atoms with van der Waals surface area (Å²) < 4.78 is 5.51. The molecule has 1 aromatic rings. The van der Waals surface area contributed by atoms with E-state index in [0.717, 1.165) is 70.4 Å². The van der Waals surface area contributed by atoms with E-state index in [1.807, 2.05) is 26.1 Å². The average molecular weight is 430 g/mol. The second-order valence-electron chi connectivity index (χ2n) is 8.56. The van der Waals surface area contributed by atoms with Gasteiger partial charge in [-0.05, 0) is 37.5 Å². The number of ether oxygens (including phenoxy) is 1. The molecule has 1 amide bonds. The van der Waals surface area contributed by atoms with Crippen LogP contribution in [0.2, 0.25) is 0 Å². The summed E-state index contributed by atoms with van der Waals surface area (Å²) in [6, 6.07) is 8.22. The van der Waals surface area contributed by atoms with Gasteiger partial charge >= 0.3 is 0 Å². The topological polar surface area (TPSA) is 60.4 Å². The second-order valence-corrected chi connectivity index (χ2v) is 8.56. The van der Waals surface area contributed by atoms with Crippen molar-refractivity contribution in [1.29, 1.82) is 0 Å². The average Bonchev–Trinajstić information content (AvgIpc) is 3.33. The molecule has 0 aromatic heterocycles. The number of nitrogens with zero attached hydrogens (tertiary/aromatic N) is 4. The molecule has 31 heavy (non-hydrogen) atoms. The molecule has 7 nitrogen and oxygen atoms in total. The molecular formula is C24H39N5O2. The highest BCUT2D eigenvalue weighted by Gasteiger charge is 2.29. The fourth-order valence-corrected chi connectivity index (χ4v) is 4.54. The van der Waals surface area contributed by atoms with E-state index in [1.165, 1.54) is 18.4 Å². The number of carbonyl (C=O) groups excluding carboxylic acids is 1. The first-order valence-corrected chi connectivity index (χ1v) is 11.8. The van der Waals surface area contributed by atoms with Gasteiger partial charge in [0.2, 0.25) is 5.91 Å². The van der Waals surface area contributed by atoms with Crippen LogP contribution >= 0.6 is 0 Å². The standard InChI is InChI=1S/C24H39N5O2/c1-4-31-22-11-9-20(10-12-22)19-27(3)24(25-2)26-13-14-28-15-17-29(18-16-28)23(30)21-7-5-6-8-21/h9-12,21H,4-8,13-19H2,1-3H3,(H,25,26). The number of benzene rings is 1. The SMILES string of the molecule is CCOc1ccc(CN(C)C(=NC)NCCN2CCN(C(=O)C3CCCC3)CC2)cc1. The van der Waals surface area contributed by atoms with Gasteiger partial charge in [0, 0.05) is 65.8 Å². The molecule has 2 fully saturated rings. The van der Waals surface area contributed by atoms with Crippen molar-refractivity contribution >= 4 is 11.9 Å². The molecule has 1 saturated heterocycles. The van der Waals surface area contributed by atoms with Crippen molar-refractivity contribution in [3.8, 4) is 5.75 Å². The Balaban J connectivity index is 1.36. The van der Waals surface area contributed by atoms with Crippen molar-refractivity contribution in [1.82, 2.24) is 20.0 Å². The third-order valence-corrected chi connectivity index (χ3v) is 6.33. The van der Waals surface area contributed by atoms with E-state index in [2.05, 4.69) is 44.2 Å². The van der Waals surface area contributed by atoms with Crippen LogP contribution in [0.1, 0.15) is 38.2 Å². The smallest absolute Gasteiger partial charge is 0.225 e. The van der Waals surface area contributed by atoms with Crippen molar-refractivity contribution in [2.45, 2.75) is 39.2 Å². The molecule has 0 atom stereocenters. The zero-order valence-corrected chi connectivity index (χ0v) is 19.5. The molecule has 2 aliphatic rings. The van der Waals surface area contributed by atoms with Crippen molar-refractivity contribution in [3.63, 3.8) is 0 Å². The lowest BCUT2D eigenvalue weighted by Gasteiger charge is -2.36. The Morgan fingerprint density at radius 2 is 1.84 bits per heavy atom. The van der Waals surface area contributed by atoms with E-state index >= 15 is 0 Å². The highest BCUT2D eigenvalue weighted by Crippen LogP contribution is 2.26. The monoisotopic (exact) mass is 429 g/mol. The summed E-state index contributed by atoms with van der Waals surface area (Å²) in [5, 5.41) is 3.48. The predicted molar refractivity (Wildman–Crippen MR) is 125 cm³/mol. The Morgan fingerprint density at radius 3 is 2.45 bits per heavy atom. The van der Waals surface area contributed by atoms with E-state index in [9.17, 15) is 4.79 Å². The summed E-state index contributed by atoms with van der Waals surface area (Å²) in [6.07, 6.45) is 4.62. The second kappa shape index (κ2) is 11.9. The van der Waals surface area contributed by atoms with Crippen LogP contribution in [0.4, 0.5) is 0 Å². The van der Waals surface area contributed by atoms with Crippen LogP contribution in [0, 0.1) is 5.92 Å². The maximum absolute atomic E-state index is 12.6. The highest BCUT2D eigenvalue weighted by atomic mass is 16.5. The Bertz CT molecular complexity index is 707. The minimum absolute atomic E-state index is 0.294. The summed E-state index contributed by atoms with van der Waals surface area (Å²) in [4.78, 5) is 23.7. The Morgan fingerprint density at radius 1 is 1.16 bits per heavy atom. The number of rotatable bonds is 8. The molecule has 172 valence electrons. The van der Waals surface area contributed by atoms with Gasteiger partial charge < -0.3 is 19.9 Å². The molecule has 0 radical (unpaired) electrons. The van der Waals surface area contributed by atoms with Crippen molar-refractivity contribution < 1.29 is 9.53 Å². The molecule has 3 rings (SSSR count). The number of guanidine groups is 1. The largest absolute Gasteiger partial charge is 0.494 e. The molecule has 7 heteroatoms. The highest BCUT2D eigenvalue weighted by molar-refractivity contribution is 5.80. The van der Waals surface area contributed by atoms with Gasteiger partial charge in [-0.2, -0.15) is 0 Å². The van der Waals surface area contributed by atoms with E-state index in [1.54, 1.807) is 0 Å². The summed E-state index contributed by atoms with van der Waals surface area (Å²) in [6.45, 7) is 8.91. The van der Waals surface area contributed by atoms with Crippen LogP contribution in [0.5, 0.6) is 5.75 Å². The predicted octanol–water partition coefficient (Wildman–Crippen LogP) is 2.43. The first-order chi connectivity index (χ1) is 15.1. The third kappa shape index (κ3) is 6.86. The van der Waals surface area contributed by atoms with Crippen LogP contribution in [0.25, 0.3) is 0 Å². The minimum Gasteiger partial charge on any atom is -0.494 e. The van der Waals surface area contributed by atoms with Crippen LogP contribution in [0.15, 0.2) is 29.3 Å². The molecule has 0 spiro atoms. The Labute approximate surface area is 187 Å². The van der Waals surface area contributed by atoms with Gasteiger partial charge in [-0.25, -0.2) is 0 Å². The van der Waals surface area contributed by atoms with Crippen molar-refractivity contribution in [2.75, 3.05) is 60.0 Å². The first-order valence-electron chi connectivity index (χ1n) is 11.8. The number of hydrogen-bond donors (Lipinski definition) is 1. The number of aliphatic imine (C=N–C) groups is 1. The molecule has 0 bridgehead atoms. The van der Waals surface area contributed by atoms with Gasteiger partial charge in [0.05, 0.1) is 6.61 Å². The molecule has 1 aliphatic carbocycles. The van der Waals surface area contributed by atoms with Gasteiger partial charge in [0.25, 0.3) is 0 Å². The number of carbonyl (C=O) groups is 1. The van der Waals surface area contributed by atoms with E-state index in [0.29, 0.717) is 18.4 Å². The zero-order chi connectivity index (χ0) is 22.1. The number of hydrogen-bond acceptors (Lipinski definition) is 4. The van der Waals surface area contributed by atoms with Gasteiger partial charge in [-0.3, -0.25) is 14.7 Å². The first kappa shape index (κ1) is 23.4. The molecule has 1 N–H and O–H groups in total. The van der Waals surface area contributed by atoms with Gasteiger partial charge in [0.15, 0.2) is 5.96 Å². The summed E-state index contributed by atoms with van der Waals surface area (Å²) in [7, 11) is 3.88. The lowest BCUT2D eigenvalue weighted by molar-refractivity contribution is -0.137. The van der Waals surface area contributed by atoms with Gasteiger partial charge in [-0.15, -0.1) is 0 Å². The number of piperazine rings is 1. The molecular weight excluding hydrogens is 390 g/mol.